The Balaban J connectivity index is 2.03. The molecule has 0 radical (unpaired) electrons. The van der Waals surface area contributed by atoms with Crippen molar-refractivity contribution < 1.29 is 43.0 Å². The molecule has 1 unspecified atom stereocenters. The van der Waals surface area contributed by atoms with E-state index >= 15 is 0 Å². The van der Waals surface area contributed by atoms with Gasteiger partial charge in [-0.3, -0.25) is 4.79 Å². The van der Waals surface area contributed by atoms with Crippen LogP contribution in [0.15, 0.2) is 11.0 Å². The Hall–Kier alpha value is -1.57. The van der Waals surface area contributed by atoms with E-state index in [0.717, 1.165) is 0 Å². The van der Waals surface area contributed by atoms with Crippen LogP contribution in [-0.2, 0) is 51.4 Å². The molecule has 1 aliphatic heterocycles. The first-order chi connectivity index (χ1) is 16.0. The van der Waals surface area contributed by atoms with E-state index in [9.17, 15) is 9.90 Å². The third kappa shape index (κ3) is 5.57. The molecule has 0 spiro atoms. The number of aromatic hydroxyl groups is 1. The first-order valence-electron chi connectivity index (χ1n) is 10.9. The number of methoxy groups -OCH3 is 4. The second-order valence-corrected chi connectivity index (χ2v) is 8.04. The molecule has 1 saturated heterocycles. The van der Waals surface area contributed by atoms with Crippen LogP contribution in [0.2, 0.25) is 0 Å². The zero-order chi connectivity index (χ0) is 24.0. The SMILES string of the molecule is COCO[C@@H]1C(c2cn(C)c(=O)c(CCC3OCCO3)c2O)[C@H](OCOC)[C@H](OC)[C@@H]1OC. The van der Waals surface area contributed by atoms with Crippen LogP contribution in [-0.4, -0.2) is 95.6 Å². The van der Waals surface area contributed by atoms with Gasteiger partial charge in [0.2, 0.25) is 0 Å². The Kier molecular flexibility index (Phi) is 9.65. The van der Waals surface area contributed by atoms with Gasteiger partial charge >= 0.3 is 0 Å². The number of aryl methyl sites for hydroxylation is 1. The molecule has 1 N–H and O–H groups in total. The van der Waals surface area contributed by atoms with Crippen LogP contribution < -0.4 is 5.56 Å². The number of hydrogen-bond donors (Lipinski definition) is 1. The second kappa shape index (κ2) is 12.2. The molecular weight excluding hydrogens is 438 g/mol. The first kappa shape index (κ1) is 26.0. The van der Waals surface area contributed by atoms with E-state index in [4.69, 9.17) is 37.9 Å². The van der Waals surface area contributed by atoms with Crippen LogP contribution in [0.4, 0.5) is 0 Å². The van der Waals surface area contributed by atoms with E-state index < -0.39 is 36.6 Å². The molecule has 1 aromatic rings. The van der Waals surface area contributed by atoms with Gasteiger partial charge in [-0.15, -0.1) is 0 Å². The third-order valence-corrected chi connectivity index (χ3v) is 6.13. The van der Waals surface area contributed by atoms with Crippen LogP contribution in [0.25, 0.3) is 0 Å². The fourth-order valence-electron chi connectivity index (χ4n) is 4.67. The zero-order valence-electron chi connectivity index (χ0n) is 19.9. The molecule has 1 aliphatic carbocycles. The molecule has 11 nitrogen and oxygen atoms in total. The average molecular weight is 474 g/mol. The smallest absolute Gasteiger partial charge is 0.257 e. The van der Waals surface area contributed by atoms with Gasteiger partial charge in [0.1, 0.15) is 31.5 Å². The van der Waals surface area contributed by atoms with Gasteiger partial charge < -0.3 is 47.6 Å². The highest BCUT2D eigenvalue weighted by Gasteiger charge is 2.55. The first-order valence-corrected chi connectivity index (χ1v) is 10.9. The maximum Gasteiger partial charge on any atom is 0.257 e. The Bertz CT molecular complexity index is 787. The summed E-state index contributed by atoms with van der Waals surface area (Å²) in [6.45, 7) is 1.05. The molecule has 3 rings (SSSR count). The van der Waals surface area contributed by atoms with Crippen molar-refractivity contribution in [1.29, 1.82) is 0 Å². The molecule has 2 heterocycles. The van der Waals surface area contributed by atoms with Crippen molar-refractivity contribution in [3.8, 4) is 5.75 Å². The summed E-state index contributed by atoms with van der Waals surface area (Å²) >= 11 is 0. The molecule has 2 aliphatic rings. The van der Waals surface area contributed by atoms with E-state index in [1.54, 1.807) is 27.5 Å². The van der Waals surface area contributed by atoms with Gasteiger partial charge in [0, 0.05) is 59.6 Å². The highest BCUT2D eigenvalue weighted by molar-refractivity contribution is 5.43. The summed E-state index contributed by atoms with van der Waals surface area (Å²) in [6, 6.07) is 0. The predicted octanol–water partition coefficient (Wildman–Crippen LogP) is 0.502. The Morgan fingerprint density at radius 1 is 0.970 bits per heavy atom. The fraction of sp³-hybridized carbons (Fsp3) is 0.773. The van der Waals surface area contributed by atoms with Crippen LogP contribution in [0.3, 0.4) is 0 Å². The second-order valence-electron chi connectivity index (χ2n) is 8.04. The number of rotatable bonds is 12. The van der Waals surface area contributed by atoms with Crippen molar-refractivity contribution in [2.45, 2.75) is 49.5 Å². The molecule has 0 amide bonds. The number of aromatic nitrogens is 1. The van der Waals surface area contributed by atoms with E-state index in [0.29, 0.717) is 31.6 Å². The van der Waals surface area contributed by atoms with Gasteiger partial charge in [-0.1, -0.05) is 0 Å². The number of hydrogen-bond acceptors (Lipinski definition) is 10. The molecule has 1 saturated carbocycles. The van der Waals surface area contributed by atoms with Crippen molar-refractivity contribution in [2.75, 3.05) is 55.2 Å². The van der Waals surface area contributed by atoms with Gasteiger partial charge in [-0.2, -0.15) is 0 Å². The molecule has 11 heteroatoms. The van der Waals surface area contributed by atoms with Crippen LogP contribution in [0.1, 0.15) is 23.5 Å². The average Bonchev–Trinajstić information content (AvgIpc) is 3.43. The van der Waals surface area contributed by atoms with Crippen molar-refractivity contribution in [3.05, 3.63) is 27.7 Å². The molecule has 188 valence electrons. The predicted molar refractivity (Wildman–Crippen MR) is 115 cm³/mol. The van der Waals surface area contributed by atoms with Crippen molar-refractivity contribution in [1.82, 2.24) is 4.57 Å². The topological polar surface area (TPSA) is 116 Å². The molecule has 5 atom stereocenters. The van der Waals surface area contributed by atoms with E-state index in [-0.39, 0.29) is 30.5 Å². The number of ether oxygens (including phenoxy) is 8. The molecular formula is C22H35NO10. The lowest BCUT2D eigenvalue weighted by atomic mass is 9.91. The summed E-state index contributed by atoms with van der Waals surface area (Å²) in [5.74, 6) is -0.639. The highest BCUT2D eigenvalue weighted by atomic mass is 16.7. The highest BCUT2D eigenvalue weighted by Crippen LogP contribution is 2.45. The van der Waals surface area contributed by atoms with Crippen molar-refractivity contribution in [3.63, 3.8) is 0 Å². The minimum Gasteiger partial charge on any atom is -0.507 e. The summed E-state index contributed by atoms with van der Waals surface area (Å²) in [7, 11) is 7.80. The van der Waals surface area contributed by atoms with Crippen LogP contribution in [0.5, 0.6) is 5.75 Å². The maximum absolute atomic E-state index is 12.9. The van der Waals surface area contributed by atoms with E-state index in [1.165, 1.54) is 18.8 Å². The van der Waals surface area contributed by atoms with Crippen LogP contribution >= 0.6 is 0 Å². The Morgan fingerprint density at radius 3 is 2.00 bits per heavy atom. The van der Waals surface area contributed by atoms with Crippen molar-refractivity contribution >= 4 is 0 Å². The normalized spacial score (nSPS) is 28.1. The number of pyridine rings is 1. The standard InChI is InChI=1S/C22H35NO10/c1-23-10-14(17(24)13(22(23)25)6-7-15-30-8-9-31-15)16-18(32-11-26-2)20(28-4)21(29-5)19(16)33-12-27-3/h10,15-16,18-21,24H,6-9,11-12H2,1-5H3/t16?,18-,19+,20-,21+. The maximum atomic E-state index is 12.9. The monoisotopic (exact) mass is 473 g/mol. The van der Waals surface area contributed by atoms with E-state index in [2.05, 4.69) is 0 Å². The van der Waals surface area contributed by atoms with E-state index in [1.807, 2.05) is 0 Å². The van der Waals surface area contributed by atoms with Gasteiger partial charge in [-0.05, 0) is 6.42 Å². The molecule has 33 heavy (non-hydrogen) atoms. The summed E-state index contributed by atoms with van der Waals surface area (Å²) in [4.78, 5) is 12.9. The Morgan fingerprint density at radius 2 is 1.52 bits per heavy atom. The van der Waals surface area contributed by atoms with Crippen molar-refractivity contribution in [2.24, 2.45) is 7.05 Å². The van der Waals surface area contributed by atoms with Gasteiger partial charge in [0.25, 0.3) is 5.56 Å². The number of nitrogens with zero attached hydrogens (tertiary/aromatic N) is 1. The fourth-order valence-corrected chi connectivity index (χ4v) is 4.67. The summed E-state index contributed by atoms with van der Waals surface area (Å²) in [5, 5.41) is 11.3. The zero-order valence-corrected chi connectivity index (χ0v) is 19.9. The van der Waals surface area contributed by atoms with Gasteiger partial charge in [0.15, 0.2) is 6.29 Å². The largest absolute Gasteiger partial charge is 0.507 e. The molecule has 2 fully saturated rings. The molecule has 0 bridgehead atoms. The quantitative estimate of drug-likeness (QED) is 0.430. The Labute approximate surface area is 193 Å². The summed E-state index contributed by atoms with van der Waals surface area (Å²) in [5.41, 5.74) is 0.478. The lowest BCUT2D eigenvalue weighted by Crippen LogP contribution is -2.38. The summed E-state index contributed by atoms with van der Waals surface area (Å²) < 4.78 is 46.1. The van der Waals surface area contributed by atoms with Gasteiger partial charge in [-0.25, -0.2) is 0 Å². The molecule has 0 aromatic carbocycles. The minimum absolute atomic E-state index is 0.00417. The lowest BCUT2D eigenvalue weighted by Gasteiger charge is -2.28. The molecule has 1 aromatic heterocycles. The summed E-state index contributed by atoms with van der Waals surface area (Å²) in [6.07, 6.45) is -0.251. The van der Waals surface area contributed by atoms with Crippen LogP contribution in [0, 0.1) is 0 Å². The van der Waals surface area contributed by atoms with Gasteiger partial charge in [0.05, 0.1) is 31.0 Å². The minimum atomic E-state index is -0.584. The third-order valence-electron chi connectivity index (χ3n) is 6.13. The lowest BCUT2D eigenvalue weighted by molar-refractivity contribution is -0.141.